The number of hydrogen-bond donors (Lipinski definition) is 3. The van der Waals surface area contributed by atoms with Crippen molar-refractivity contribution < 1.29 is 14.3 Å². The number of benzene rings is 1. The third-order valence-electron chi connectivity index (χ3n) is 7.21. The van der Waals surface area contributed by atoms with Crippen molar-refractivity contribution in [2.75, 3.05) is 5.32 Å². The fourth-order valence-electron chi connectivity index (χ4n) is 5.67. The van der Waals surface area contributed by atoms with E-state index in [1.54, 1.807) is 18.3 Å². The molecule has 0 radical (unpaired) electrons. The SMILES string of the molecule is O=C(O)C1C2CCC(CC2)C1Nc1nc(-c2c[nH]c3ncc(F)cc23)nc2cc(Cl)ccc12. The third-order valence-corrected chi connectivity index (χ3v) is 7.44. The number of carbonyl (C=O) groups is 1. The van der Waals surface area contributed by atoms with Gasteiger partial charge in [0.05, 0.1) is 17.6 Å². The number of aliphatic carboxylic acids is 1. The number of aromatic amines is 1. The topological polar surface area (TPSA) is 104 Å². The van der Waals surface area contributed by atoms with Gasteiger partial charge in [-0.2, -0.15) is 0 Å². The van der Waals surface area contributed by atoms with Gasteiger partial charge in [-0.15, -0.1) is 0 Å². The zero-order chi connectivity index (χ0) is 22.7. The summed E-state index contributed by atoms with van der Waals surface area (Å²) < 4.78 is 13.9. The molecule has 7 nitrogen and oxygen atoms in total. The number of fused-ring (bicyclic) bond motifs is 5. The van der Waals surface area contributed by atoms with Crippen LogP contribution in [0.5, 0.6) is 0 Å². The van der Waals surface area contributed by atoms with Crippen molar-refractivity contribution >= 4 is 45.3 Å². The maximum atomic E-state index is 13.9. The molecule has 4 aromatic rings. The number of hydrogen-bond acceptors (Lipinski definition) is 5. The molecule has 3 N–H and O–H groups in total. The van der Waals surface area contributed by atoms with Gasteiger partial charge in [-0.05, 0) is 61.8 Å². The average Bonchev–Trinajstić information content (AvgIpc) is 3.22. The molecule has 3 aromatic heterocycles. The Balaban J connectivity index is 1.50. The van der Waals surface area contributed by atoms with E-state index in [1.807, 2.05) is 6.07 Å². The molecule has 2 unspecified atom stereocenters. The second kappa shape index (κ2) is 7.66. The normalized spacial score (nSPS) is 24.4. The molecule has 0 spiro atoms. The molecule has 0 saturated heterocycles. The van der Waals surface area contributed by atoms with Gasteiger partial charge in [-0.3, -0.25) is 4.79 Å². The fourth-order valence-corrected chi connectivity index (χ4v) is 5.83. The largest absolute Gasteiger partial charge is 0.481 e. The first-order valence-electron chi connectivity index (χ1n) is 11.1. The summed E-state index contributed by atoms with van der Waals surface area (Å²) in [5.74, 6) is -0.259. The lowest BCUT2D eigenvalue weighted by molar-refractivity contribution is -0.148. The maximum Gasteiger partial charge on any atom is 0.308 e. The molecule has 9 heteroatoms. The lowest BCUT2D eigenvalue weighted by atomic mass is 9.61. The molecular formula is C24H21ClFN5O2. The lowest BCUT2D eigenvalue weighted by Gasteiger charge is -2.47. The number of H-pyrrole nitrogens is 1. The molecule has 3 fully saturated rings. The van der Waals surface area contributed by atoms with E-state index in [4.69, 9.17) is 21.6 Å². The van der Waals surface area contributed by atoms with Crippen molar-refractivity contribution in [3.63, 3.8) is 0 Å². The van der Waals surface area contributed by atoms with Crippen molar-refractivity contribution in [2.24, 2.45) is 17.8 Å². The second-order valence-corrected chi connectivity index (χ2v) is 9.45. The molecule has 3 aliphatic carbocycles. The van der Waals surface area contributed by atoms with Crippen LogP contribution in [0.1, 0.15) is 25.7 Å². The van der Waals surface area contributed by atoms with Crippen LogP contribution in [0.4, 0.5) is 10.2 Å². The zero-order valence-corrected chi connectivity index (χ0v) is 18.3. The first-order chi connectivity index (χ1) is 16.0. The van der Waals surface area contributed by atoms with Crippen LogP contribution in [0, 0.1) is 23.6 Å². The Labute approximate surface area is 193 Å². The minimum Gasteiger partial charge on any atom is -0.481 e. The first-order valence-corrected chi connectivity index (χ1v) is 11.5. The van der Waals surface area contributed by atoms with E-state index >= 15 is 0 Å². The van der Waals surface area contributed by atoms with E-state index in [-0.39, 0.29) is 17.9 Å². The highest BCUT2D eigenvalue weighted by atomic mass is 35.5. The van der Waals surface area contributed by atoms with E-state index in [0.717, 1.165) is 37.3 Å². The summed E-state index contributed by atoms with van der Waals surface area (Å²) in [6, 6.07) is 6.55. The van der Waals surface area contributed by atoms with E-state index in [9.17, 15) is 14.3 Å². The smallest absolute Gasteiger partial charge is 0.308 e. The zero-order valence-electron chi connectivity index (χ0n) is 17.6. The van der Waals surface area contributed by atoms with Crippen LogP contribution in [0.25, 0.3) is 33.3 Å². The first kappa shape index (κ1) is 20.4. The molecule has 168 valence electrons. The number of nitrogens with zero attached hydrogens (tertiary/aromatic N) is 3. The van der Waals surface area contributed by atoms with Gasteiger partial charge >= 0.3 is 5.97 Å². The molecule has 0 amide bonds. The highest BCUT2D eigenvalue weighted by Crippen LogP contribution is 2.46. The fraction of sp³-hybridized carbons (Fsp3) is 0.333. The van der Waals surface area contributed by atoms with Crippen LogP contribution in [-0.4, -0.2) is 37.1 Å². The van der Waals surface area contributed by atoms with Crippen LogP contribution < -0.4 is 5.32 Å². The number of anilines is 1. The molecule has 2 atom stereocenters. The summed E-state index contributed by atoms with van der Waals surface area (Å²) in [6.45, 7) is 0. The standard InChI is InChI=1S/C24H21ClFN5O2/c25-13-5-6-15-18(7-13)29-23(17-10-28-21-16(17)8-14(26)9-27-21)31-22(15)30-20-12-3-1-11(2-4-12)19(20)24(32)33/h5-12,19-20H,1-4H2,(H,27,28)(H,32,33)(H,29,30,31). The number of carboxylic acid groups (broad SMARTS) is 1. The summed E-state index contributed by atoms with van der Waals surface area (Å²) in [6.07, 6.45) is 6.80. The summed E-state index contributed by atoms with van der Waals surface area (Å²) in [5.41, 5.74) is 1.77. The Morgan fingerprint density at radius 2 is 1.91 bits per heavy atom. The molecule has 33 heavy (non-hydrogen) atoms. The minimum absolute atomic E-state index is 0.176. The second-order valence-electron chi connectivity index (χ2n) is 9.02. The molecule has 3 aliphatic rings. The Kier molecular flexibility index (Phi) is 4.72. The highest BCUT2D eigenvalue weighted by molar-refractivity contribution is 6.31. The average molecular weight is 466 g/mol. The Morgan fingerprint density at radius 1 is 1.12 bits per heavy atom. The summed E-state index contributed by atoms with van der Waals surface area (Å²) in [5, 5.41) is 15.3. The minimum atomic E-state index is -0.762. The Hall–Kier alpha value is -3.26. The van der Waals surface area contributed by atoms with Crippen molar-refractivity contribution in [1.82, 2.24) is 19.9 Å². The molecule has 2 bridgehead atoms. The van der Waals surface area contributed by atoms with E-state index in [1.165, 1.54) is 6.07 Å². The number of halogens is 2. The van der Waals surface area contributed by atoms with Crippen LogP contribution >= 0.6 is 11.6 Å². The quantitative estimate of drug-likeness (QED) is 0.379. The molecule has 3 saturated carbocycles. The van der Waals surface area contributed by atoms with Gasteiger partial charge in [-0.25, -0.2) is 19.3 Å². The number of rotatable bonds is 4. The predicted octanol–water partition coefficient (Wildman–Crippen LogP) is 5.27. The van der Waals surface area contributed by atoms with Crippen molar-refractivity contribution in [3.05, 3.63) is 47.5 Å². The number of carboxylic acids is 1. The van der Waals surface area contributed by atoms with E-state index in [2.05, 4.69) is 15.3 Å². The maximum absolute atomic E-state index is 13.9. The van der Waals surface area contributed by atoms with Gasteiger partial charge < -0.3 is 15.4 Å². The van der Waals surface area contributed by atoms with Crippen LogP contribution in [0.2, 0.25) is 5.02 Å². The summed E-state index contributed by atoms with van der Waals surface area (Å²) >= 11 is 6.25. The number of pyridine rings is 1. The predicted molar refractivity (Wildman–Crippen MR) is 124 cm³/mol. The van der Waals surface area contributed by atoms with Gasteiger partial charge in [-0.1, -0.05) is 11.6 Å². The molecule has 7 rings (SSSR count). The van der Waals surface area contributed by atoms with Crippen molar-refractivity contribution in [1.29, 1.82) is 0 Å². The summed E-state index contributed by atoms with van der Waals surface area (Å²) in [7, 11) is 0. The molecular weight excluding hydrogens is 445 g/mol. The Morgan fingerprint density at radius 3 is 2.70 bits per heavy atom. The van der Waals surface area contributed by atoms with Crippen LogP contribution in [-0.2, 0) is 4.79 Å². The number of nitrogens with one attached hydrogen (secondary N) is 2. The van der Waals surface area contributed by atoms with Gasteiger partial charge in [0.25, 0.3) is 0 Å². The van der Waals surface area contributed by atoms with Gasteiger partial charge in [0.2, 0.25) is 0 Å². The highest BCUT2D eigenvalue weighted by Gasteiger charge is 2.47. The lowest BCUT2D eigenvalue weighted by Crippen LogP contribution is -2.51. The molecule has 3 heterocycles. The van der Waals surface area contributed by atoms with E-state index in [0.29, 0.717) is 38.8 Å². The summed E-state index contributed by atoms with van der Waals surface area (Å²) in [4.78, 5) is 28.8. The molecule has 0 aliphatic heterocycles. The van der Waals surface area contributed by atoms with Crippen LogP contribution in [0.3, 0.4) is 0 Å². The van der Waals surface area contributed by atoms with E-state index < -0.39 is 17.7 Å². The van der Waals surface area contributed by atoms with Crippen LogP contribution in [0.15, 0.2) is 36.7 Å². The third kappa shape index (κ3) is 3.40. The Bertz CT molecular complexity index is 1400. The van der Waals surface area contributed by atoms with Gasteiger partial charge in [0.15, 0.2) is 5.82 Å². The van der Waals surface area contributed by atoms with Crippen molar-refractivity contribution in [3.8, 4) is 11.4 Å². The number of aromatic nitrogens is 4. The van der Waals surface area contributed by atoms with Gasteiger partial charge in [0, 0.05) is 33.6 Å². The molecule has 1 aromatic carbocycles. The van der Waals surface area contributed by atoms with Gasteiger partial charge in [0.1, 0.15) is 17.3 Å². The monoisotopic (exact) mass is 465 g/mol. The van der Waals surface area contributed by atoms with Crippen molar-refractivity contribution in [2.45, 2.75) is 31.7 Å².